The minimum Gasteiger partial charge on any atom is -0.469 e. The summed E-state index contributed by atoms with van der Waals surface area (Å²) in [6.07, 6.45) is 0. The molecule has 1 aromatic carbocycles. The summed E-state index contributed by atoms with van der Waals surface area (Å²) < 4.78 is 4.57. The number of nitrogens with zero attached hydrogens (tertiary/aromatic N) is 1. The monoisotopic (exact) mass is 243 g/mol. The van der Waals surface area contributed by atoms with Crippen LogP contribution in [0.4, 0.5) is 5.69 Å². The molecule has 86 valence electrons. The third-order valence-electron chi connectivity index (χ3n) is 2.22. The maximum absolute atomic E-state index is 11.2. The number of carbonyl (C=O) groups is 1. The molecule has 0 aromatic heterocycles. The van der Waals surface area contributed by atoms with E-state index in [0.29, 0.717) is 5.56 Å². The van der Waals surface area contributed by atoms with Gasteiger partial charge < -0.3 is 4.74 Å². The fourth-order valence-electron chi connectivity index (χ4n) is 1.25. The molecule has 0 heterocycles. The Kier molecular flexibility index (Phi) is 3.84. The van der Waals surface area contributed by atoms with Crippen LogP contribution in [0.2, 0.25) is 5.02 Å². The molecular formula is C10H10ClNO4. The molecule has 0 radical (unpaired) electrons. The van der Waals surface area contributed by atoms with Crippen molar-refractivity contribution in [2.75, 3.05) is 7.11 Å². The molecule has 0 spiro atoms. The minimum atomic E-state index is -0.574. The minimum absolute atomic E-state index is 0.0123. The second kappa shape index (κ2) is 4.94. The second-order valence-electron chi connectivity index (χ2n) is 3.21. The number of carbonyl (C=O) groups excluding carboxylic acids is 1. The van der Waals surface area contributed by atoms with E-state index < -0.39 is 16.8 Å². The first-order valence-corrected chi connectivity index (χ1v) is 4.86. The van der Waals surface area contributed by atoms with Crippen molar-refractivity contribution < 1.29 is 14.5 Å². The third kappa shape index (κ3) is 2.49. The number of hydrogen-bond acceptors (Lipinski definition) is 4. The van der Waals surface area contributed by atoms with E-state index in [-0.39, 0.29) is 10.7 Å². The average molecular weight is 244 g/mol. The lowest BCUT2D eigenvalue weighted by Gasteiger charge is -2.09. The molecule has 0 N–H and O–H groups in total. The first kappa shape index (κ1) is 12.4. The zero-order valence-corrected chi connectivity index (χ0v) is 9.52. The van der Waals surface area contributed by atoms with Gasteiger partial charge in [-0.3, -0.25) is 14.9 Å². The van der Waals surface area contributed by atoms with Crippen LogP contribution in [-0.2, 0) is 9.53 Å². The molecule has 1 aromatic rings. The first-order valence-electron chi connectivity index (χ1n) is 4.49. The second-order valence-corrected chi connectivity index (χ2v) is 3.62. The normalized spacial score (nSPS) is 11.9. The Morgan fingerprint density at radius 1 is 1.56 bits per heavy atom. The Hall–Kier alpha value is -1.62. The standard InChI is InChI=1S/C10H10ClNO4/c1-6(10(13)16-2)7-3-4-9(12(14)15)8(11)5-7/h3-6H,1-2H3. The summed E-state index contributed by atoms with van der Waals surface area (Å²) in [5.74, 6) is -0.909. The number of benzene rings is 1. The topological polar surface area (TPSA) is 69.4 Å². The molecule has 0 aliphatic rings. The number of rotatable bonds is 3. The van der Waals surface area contributed by atoms with E-state index >= 15 is 0 Å². The highest BCUT2D eigenvalue weighted by molar-refractivity contribution is 6.32. The van der Waals surface area contributed by atoms with Crippen molar-refractivity contribution in [3.05, 3.63) is 38.9 Å². The van der Waals surface area contributed by atoms with Gasteiger partial charge in [0.15, 0.2) is 0 Å². The number of hydrogen-bond donors (Lipinski definition) is 0. The van der Waals surface area contributed by atoms with Gasteiger partial charge in [0.05, 0.1) is 18.0 Å². The smallest absolute Gasteiger partial charge is 0.312 e. The van der Waals surface area contributed by atoms with Crippen LogP contribution >= 0.6 is 11.6 Å². The third-order valence-corrected chi connectivity index (χ3v) is 2.53. The van der Waals surface area contributed by atoms with Crippen LogP contribution in [-0.4, -0.2) is 18.0 Å². The predicted octanol–water partition coefficient (Wildman–Crippen LogP) is 2.52. The molecule has 5 nitrogen and oxygen atoms in total. The Labute approximate surface area is 97.1 Å². The largest absolute Gasteiger partial charge is 0.469 e. The van der Waals surface area contributed by atoms with Crippen molar-refractivity contribution in [3.8, 4) is 0 Å². The van der Waals surface area contributed by atoms with Gasteiger partial charge in [-0.05, 0) is 18.6 Å². The quantitative estimate of drug-likeness (QED) is 0.465. The van der Waals surface area contributed by atoms with Crippen molar-refractivity contribution in [1.29, 1.82) is 0 Å². The van der Waals surface area contributed by atoms with Crippen LogP contribution in [0.25, 0.3) is 0 Å². The van der Waals surface area contributed by atoms with Crippen LogP contribution in [0.15, 0.2) is 18.2 Å². The maximum Gasteiger partial charge on any atom is 0.312 e. The van der Waals surface area contributed by atoms with E-state index in [1.807, 2.05) is 0 Å². The zero-order valence-electron chi connectivity index (χ0n) is 8.77. The van der Waals surface area contributed by atoms with Gasteiger partial charge in [-0.2, -0.15) is 0 Å². The molecular weight excluding hydrogens is 234 g/mol. The highest BCUT2D eigenvalue weighted by Gasteiger charge is 2.19. The molecule has 0 aliphatic heterocycles. The molecule has 0 amide bonds. The van der Waals surface area contributed by atoms with Crippen molar-refractivity contribution in [2.45, 2.75) is 12.8 Å². The highest BCUT2D eigenvalue weighted by Crippen LogP contribution is 2.28. The van der Waals surface area contributed by atoms with Gasteiger partial charge in [0.2, 0.25) is 0 Å². The van der Waals surface area contributed by atoms with E-state index in [9.17, 15) is 14.9 Å². The lowest BCUT2D eigenvalue weighted by Crippen LogP contribution is -2.10. The number of ether oxygens (including phenoxy) is 1. The van der Waals surface area contributed by atoms with E-state index in [0.717, 1.165) is 0 Å². The zero-order chi connectivity index (χ0) is 12.3. The average Bonchev–Trinajstić information content (AvgIpc) is 2.26. The molecule has 0 aliphatic carbocycles. The number of halogens is 1. The molecule has 1 atom stereocenters. The van der Waals surface area contributed by atoms with Gasteiger partial charge in [-0.15, -0.1) is 0 Å². The molecule has 1 unspecified atom stereocenters. The summed E-state index contributed by atoms with van der Waals surface area (Å²) in [5, 5.41) is 10.5. The lowest BCUT2D eigenvalue weighted by atomic mass is 10.0. The van der Waals surface area contributed by atoms with E-state index in [1.165, 1.54) is 25.3 Å². The van der Waals surface area contributed by atoms with Gasteiger partial charge in [-0.1, -0.05) is 17.7 Å². The Bertz CT molecular complexity index is 433. The summed E-state index contributed by atoms with van der Waals surface area (Å²) in [6.45, 7) is 1.64. The van der Waals surface area contributed by atoms with Gasteiger partial charge in [0, 0.05) is 6.07 Å². The van der Waals surface area contributed by atoms with Crippen LogP contribution in [0.3, 0.4) is 0 Å². The Morgan fingerprint density at radius 3 is 2.62 bits per heavy atom. The Balaban J connectivity index is 3.06. The number of esters is 1. The van der Waals surface area contributed by atoms with Crippen LogP contribution in [0, 0.1) is 10.1 Å². The van der Waals surface area contributed by atoms with E-state index in [4.69, 9.17) is 11.6 Å². The van der Waals surface area contributed by atoms with Crippen LogP contribution in [0.5, 0.6) is 0 Å². The SMILES string of the molecule is COC(=O)C(C)c1ccc([N+](=O)[O-])c(Cl)c1. The van der Waals surface area contributed by atoms with Gasteiger partial charge in [-0.25, -0.2) is 0 Å². The summed E-state index contributed by atoms with van der Waals surface area (Å²) in [7, 11) is 1.28. The predicted molar refractivity (Wildman–Crippen MR) is 58.5 cm³/mol. The van der Waals surface area contributed by atoms with Crippen LogP contribution in [0.1, 0.15) is 18.4 Å². The molecule has 0 fully saturated rings. The summed E-state index contributed by atoms with van der Waals surface area (Å²) in [4.78, 5) is 21.2. The summed E-state index contributed by atoms with van der Waals surface area (Å²) in [6, 6.07) is 4.17. The van der Waals surface area contributed by atoms with E-state index in [2.05, 4.69) is 4.74 Å². The molecule has 0 bridgehead atoms. The molecule has 16 heavy (non-hydrogen) atoms. The molecule has 0 saturated carbocycles. The molecule has 6 heteroatoms. The van der Waals surface area contributed by atoms with Crippen molar-refractivity contribution in [2.24, 2.45) is 0 Å². The molecule has 1 rings (SSSR count). The first-order chi connectivity index (χ1) is 7.47. The van der Waals surface area contributed by atoms with Gasteiger partial charge in [0.1, 0.15) is 5.02 Å². The number of nitro benzene ring substituents is 1. The fraction of sp³-hybridized carbons (Fsp3) is 0.300. The number of nitro groups is 1. The van der Waals surface area contributed by atoms with Gasteiger partial charge >= 0.3 is 5.97 Å². The Morgan fingerprint density at radius 2 is 2.19 bits per heavy atom. The number of methoxy groups -OCH3 is 1. The van der Waals surface area contributed by atoms with Gasteiger partial charge in [0.25, 0.3) is 5.69 Å². The van der Waals surface area contributed by atoms with Crippen molar-refractivity contribution >= 4 is 23.3 Å². The highest BCUT2D eigenvalue weighted by atomic mass is 35.5. The van der Waals surface area contributed by atoms with E-state index in [1.54, 1.807) is 6.92 Å². The lowest BCUT2D eigenvalue weighted by molar-refractivity contribution is -0.384. The van der Waals surface area contributed by atoms with Crippen molar-refractivity contribution in [3.63, 3.8) is 0 Å². The summed E-state index contributed by atoms with van der Waals surface area (Å²) in [5.41, 5.74) is 0.407. The van der Waals surface area contributed by atoms with Crippen molar-refractivity contribution in [1.82, 2.24) is 0 Å². The summed E-state index contributed by atoms with van der Waals surface area (Å²) >= 11 is 5.72. The maximum atomic E-state index is 11.2. The fourth-order valence-corrected chi connectivity index (χ4v) is 1.51. The van der Waals surface area contributed by atoms with Crippen LogP contribution < -0.4 is 0 Å². The molecule has 0 saturated heterocycles.